The van der Waals surface area contributed by atoms with E-state index < -0.39 is 0 Å². The molecule has 0 saturated heterocycles. The van der Waals surface area contributed by atoms with Gasteiger partial charge in [-0.15, -0.1) is 11.3 Å². The molecule has 2 rings (SSSR count). The Morgan fingerprint density at radius 1 is 1.47 bits per heavy atom. The van der Waals surface area contributed by atoms with Gasteiger partial charge in [-0.2, -0.15) is 0 Å². The lowest BCUT2D eigenvalue weighted by Gasteiger charge is -2.12. The van der Waals surface area contributed by atoms with E-state index >= 15 is 0 Å². The van der Waals surface area contributed by atoms with Crippen LogP contribution in [0.25, 0.3) is 10.2 Å². The zero-order valence-electron chi connectivity index (χ0n) is 8.70. The first kappa shape index (κ1) is 10.8. The maximum absolute atomic E-state index is 6.07. The predicted octanol–water partition coefficient (Wildman–Crippen LogP) is 2.80. The molecule has 0 radical (unpaired) electrons. The fourth-order valence-corrected chi connectivity index (χ4v) is 2.37. The topological polar surface area (TPSA) is 29.0 Å². The van der Waals surface area contributed by atoms with Crippen LogP contribution in [0.15, 0.2) is 11.4 Å². The van der Waals surface area contributed by atoms with E-state index in [4.69, 9.17) is 11.6 Å². The zero-order chi connectivity index (χ0) is 10.8. The molecule has 0 aliphatic rings. The Morgan fingerprint density at radius 2 is 2.27 bits per heavy atom. The Labute approximate surface area is 97.7 Å². The first-order chi connectivity index (χ1) is 7.20. The van der Waals surface area contributed by atoms with Crippen LogP contribution in [-0.4, -0.2) is 28.5 Å². The molecule has 15 heavy (non-hydrogen) atoms. The Kier molecular flexibility index (Phi) is 3.19. The summed E-state index contributed by atoms with van der Waals surface area (Å²) in [5.41, 5.74) is 0. The molecule has 0 amide bonds. The van der Waals surface area contributed by atoms with Crippen molar-refractivity contribution in [3.63, 3.8) is 0 Å². The summed E-state index contributed by atoms with van der Waals surface area (Å²) in [5.74, 6) is 0.791. The Balaban J connectivity index is 2.36. The smallest absolute Gasteiger partial charge is 0.145 e. The van der Waals surface area contributed by atoms with Crippen molar-refractivity contribution in [3.05, 3.63) is 22.4 Å². The molecule has 5 heteroatoms. The van der Waals surface area contributed by atoms with Crippen LogP contribution in [0.2, 0.25) is 5.15 Å². The SMILES string of the molecule is CCN(C)Cc1nc(Cl)c2ccsc2n1. The van der Waals surface area contributed by atoms with Crippen LogP contribution < -0.4 is 0 Å². The molecule has 0 N–H and O–H groups in total. The highest BCUT2D eigenvalue weighted by Gasteiger charge is 2.07. The lowest BCUT2D eigenvalue weighted by molar-refractivity contribution is 0.337. The van der Waals surface area contributed by atoms with E-state index in [2.05, 4.69) is 21.8 Å². The molecule has 0 saturated carbocycles. The normalized spacial score (nSPS) is 11.5. The molecule has 0 spiro atoms. The molecule has 0 atom stereocenters. The maximum atomic E-state index is 6.07. The van der Waals surface area contributed by atoms with Gasteiger partial charge in [0, 0.05) is 5.39 Å². The molecule has 0 unspecified atom stereocenters. The van der Waals surface area contributed by atoms with Gasteiger partial charge in [0.1, 0.15) is 15.8 Å². The summed E-state index contributed by atoms with van der Waals surface area (Å²) in [6.45, 7) is 3.82. The van der Waals surface area contributed by atoms with Gasteiger partial charge in [-0.05, 0) is 25.0 Å². The molecule has 3 nitrogen and oxygen atoms in total. The number of nitrogens with zero attached hydrogens (tertiary/aromatic N) is 3. The highest BCUT2D eigenvalue weighted by molar-refractivity contribution is 7.16. The average Bonchev–Trinajstić information content (AvgIpc) is 2.66. The van der Waals surface area contributed by atoms with Gasteiger partial charge in [-0.1, -0.05) is 18.5 Å². The second kappa shape index (κ2) is 4.43. The van der Waals surface area contributed by atoms with Gasteiger partial charge in [-0.25, -0.2) is 9.97 Å². The van der Waals surface area contributed by atoms with E-state index in [1.165, 1.54) is 0 Å². The van der Waals surface area contributed by atoms with Crippen LogP contribution in [0.5, 0.6) is 0 Å². The molecule has 2 heterocycles. The molecule has 0 aliphatic heterocycles. The lowest BCUT2D eigenvalue weighted by atomic mass is 10.4. The molecule has 0 bridgehead atoms. The molecule has 2 aromatic rings. The maximum Gasteiger partial charge on any atom is 0.145 e. The molecule has 80 valence electrons. The minimum atomic E-state index is 0.556. The third-order valence-electron chi connectivity index (χ3n) is 2.28. The monoisotopic (exact) mass is 241 g/mol. The van der Waals surface area contributed by atoms with Crippen LogP contribution in [-0.2, 0) is 6.54 Å². The van der Waals surface area contributed by atoms with Gasteiger partial charge in [0.25, 0.3) is 0 Å². The number of thiophene rings is 1. The van der Waals surface area contributed by atoms with Gasteiger partial charge < -0.3 is 0 Å². The zero-order valence-corrected chi connectivity index (χ0v) is 10.3. The fourth-order valence-electron chi connectivity index (χ4n) is 1.28. The number of fused-ring (bicyclic) bond motifs is 1. The van der Waals surface area contributed by atoms with Crippen molar-refractivity contribution in [1.29, 1.82) is 0 Å². The Hall–Kier alpha value is -0.710. The highest BCUT2D eigenvalue weighted by atomic mass is 35.5. The highest BCUT2D eigenvalue weighted by Crippen LogP contribution is 2.24. The minimum absolute atomic E-state index is 0.556. The number of halogens is 1. The summed E-state index contributed by atoms with van der Waals surface area (Å²) >= 11 is 7.66. The third kappa shape index (κ3) is 2.27. The van der Waals surface area contributed by atoms with Crippen LogP contribution in [0.4, 0.5) is 0 Å². The van der Waals surface area contributed by atoms with E-state index in [0.717, 1.165) is 29.1 Å². The van der Waals surface area contributed by atoms with Gasteiger partial charge in [-0.3, -0.25) is 4.90 Å². The van der Waals surface area contributed by atoms with Crippen LogP contribution in [0.3, 0.4) is 0 Å². The Morgan fingerprint density at radius 3 is 3.00 bits per heavy atom. The lowest BCUT2D eigenvalue weighted by Crippen LogP contribution is -2.18. The number of hydrogen-bond acceptors (Lipinski definition) is 4. The van der Waals surface area contributed by atoms with Gasteiger partial charge in [0.15, 0.2) is 0 Å². The first-order valence-corrected chi connectivity index (χ1v) is 6.04. The number of rotatable bonds is 3. The van der Waals surface area contributed by atoms with Crippen molar-refractivity contribution in [2.75, 3.05) is 13.6 Å². The van der Waals surface area contributed by atoms with Crippen LogP contribution in [0.1, 0.15) is 12.7 Å². The fraction of sp³-hybridized carbons (Fsp3) is 0.400. The van der Waals surface area contributed by atoms with Gasteiger partial charge in [0.05, 0.1) is 6.54 Å². The first-order valence-electron chi connectivity index (χ1n) is 4.79. The standard InChI is InChI=1S/C10H12ClN3S/c1-3-14(2)6-8-12-9(11)7-4-5-15-10(7)13-8/h4-5H,3,6H2,1-2H3. The van der Waals surface area contributed by atoms with E-state index in [9.17, 15) is 0 Å². The van der Waals surface area contributed by atoms with Gasteiger partial charge >= 0.3 is 0 Å². The minimum Gasteiger partial charge on any atom is -0.299 e. The summed E-state index contributed by atoms with van der Waals surface area (Å²) in [6, 6.07) is 1.95. The summed E-state index contributed by atoms with van der Waals surface area (Å²) in [7, 11) is 2.04. The van der Waals surface area contributed by atoms with Crippen molar-refractivity contribution < 1.29 is 0 Å². The molecular weight excluding hydrogens is 230 g/mol. The third-order valence-corrected chi connectivity index (χ3v) is 3.37. The largest absolute Gasteiger partial charge is 0.299 e. The summed E-state index contributed by atoms with van der Waals surface area (Å²) in [4.78, 5) is 11.9. The summed E-state index contributed by atoms with van der Waals surface area (Å²) in [6.07, 6.45) is 0. The van der Waals surface area contributed by atoms with Crippen LogP contribution >= 0.6 is 22.9 Å². The number of aromatic nitrogens is 2. The molecule has 0 fully saturated rings. The van der Waals surface area contributed by atoms with E-state index in [1.807, 2.05) is 18.5 Å². The summed E-state index contributed by atoms with van der Waals surface area (Å²) < 4.78 is 0. The van der Waals surface area contributed by atoms with E-state index in [-0.39, 0.29) is 0 Å². The molecular formula is C10H12ClN3S. The Bertz CT molecular complexity index is 469. The van der Waals surface area contributed by atoms with E-state index in [0.29, 0.717) is 5.15 Å². The average molecular weight is 242 g/mol. The van der Waals surface area contributed by atoms with E-state index in [1.54, 1.807) is 11.3 Å². The van der Waals surface area contributed by atoms with Crippen molar-refractivity contribution in [2.45, 2.75) is 13.5 Å². The van der Waals surface area contributed by atoms with Crippen LogP contribution in [0, 0.1) is 0 Å². The quantitative estimate of drug-likeness (QED) is 0.774. The molecule has 2 aromatic heterocycles. The van der Waals surface area contributed by atoms with Crippen molar-refractivity contribution in [3.8, 4) is 0 Å². The molecule has 0 aromatic carbocycles. The van der Waals surface area contributed by atoms with Crippen molar-refractivity contribution in [1.82, 2.24) is 14.9 Å². The van der Waals surface area contributed by atoms with Crippen molar-refractivity contribution in [2.24, 2.45) is 0 Å². The second-order valence-electron chi connectivity index (χ2n) is 3.40. The number of hydrogen-bond donors (Lipinski definition) is 0. The second-order valence-corrected chi connectivity index (χ2v) is 4.65. The predicted molar refractivity (Wildman–Crippen MR) is 64.4 cm³/mol. The summed E-state index contributed by atoms with van der Waals surface area (Å²) in [5, 5.41) is 3.49. The van der Waals surface area contributed by atoms with Crippen molar-refractivity contribution >= 4 is 33.2 Å². The van der Waals surface area contributed by atoms with Gasteiger partial charge in [0.2, 0.25) is 0 Å². The molecule has 0 aliphatic carbocycles.